The molecule has 7 heteroatoms. The monoisotopic (exact) mass is 468 g/mol. The number of nitrogens with zero attached hydrogens (tertiary/aromatic N) is 1. The maximum Gasteiger partial charge on any atom is 0.283 e. The number of hydrogen-bond acceptors (Lipinski definition) is 4. The van der Waals surface area contributed by atoms with E-state index in [0.717, 1.165) is 16.0 Å². The van der Waals surface area contributed by atoms with Crippen molar-refractivity contribution in [2.45, 2.75) is 18.7 Å². The summed E-state index contributed by atoms with van der Waals surface area (Å²) in [5, 5.41) is 3.86. The molecule has 1 aliphatic rings. The number of halogens is 2. The van der Waals surface area contributed by atoms with E-state index in [1.807, 2.05) is 56.3 Å². The minimum absolute atomic E-state index is 0.207. The summed E-state index contributed by atoms with van der Waals surface area (Å²) in [6.07, 6.45) is 0. The molecule has 0 fully saturated rings. The van der Waals surface area contributed by atoms with Gasteiger partial charge in [-0.05, 0) is 61.4 Å². The van der Waals surface area contributed by atoms with Crippen molar-refractivity contribution >= 4 is 58.2 Å². The minimum atomic E-state index is -0.414. The van der Waals surface area contributed by atoms with E-state index in [2.05, 4.69) is 5.32 Å². The number of amides is 2. The maximum atomic E-state index is 13.4. The minimum Gasteiger partial charge on any atom is -0.350 e. The van der Waals surface area contributed by atoms with Gasteiger partial charge in [0.25, 0.3) is 11.8 Å². The summed E-state index contributed by atoms with van der Waals surface area (Å²) in [6, 6.07) is 20.0. The first kappa shape index (κ1) is 21.5. The summed E-state index contributed by atoms with van der Waals surface area (Å²) in [6.45, 7) is 3.85. The lowest BCUT2D eigenvalue weighted by Gasteiger charge is -2.19. The smallest absolute Gasteiger partial charge is 0.283 e. The van der Waals surface area contributed by atoms with Crippen molar-refractivity contribution in [1.29, 1.82) is 0 Å². The molecule has 0 aliphatic carbocycles. The molecule has 1 aliphatic heterocycles. The highest BCUT2D eigenvalue weighted by atomic mass is 35.5. The highest BCUT2D eigenvalue weighted by molar-refractivity contribution is 8.04. The van der Waals surface area contributed by atoms with Gasteiger partial charge in [-0.3, -0.25) is 9.59 Å². The molecule has 0 bridgehead atoms. The number of imide groups is 1. The van der Waals surface area contributed by atoms with Crippen LogP contribution in [-0.2, 0) is 9.59 Å². The average molecular weight is 469 g/mol. The van der Waals surface area contributed by atoms with Crippen LogP contribution in [0.15, 0.2) is 82.2 Å². The molecule has 0 saturated heterocycles. The molecule has 0 saturated carbocycles. The van der Waals surface area contributed by atoms with Crippen LogP contribution in [0.4, 0.5) is 11.4 Å². The Morgan fingerprint density at radius 2 is 1.58 bits per heavy atom. The van der Waals surface area contributed by atoms with Gasteiger partial charge in [0.15, 0.2) is 0 Å². The molecule has 3 aromatic carbocycles. The quantitative estimate of drug-likeness (QED) is 0.428. The third kappa shape index (κ3) is 4.22. The Bertz CT molecular complexity index is 1230. The molecule has 1 heterocycles. The van der Waals surface area contributed by atoms with E-state index in [-0.39, 0.29) is 11.6 Å². The number of nitrogens with one attached hydrogen (secondary N) is 1. The number of benzene rings is 3. The summed E-state index contributed by atoms with van der Waals surface area (Å²) in [5.74, 6) is -0.779. The molecule has 1 N–H and O–H groups in total. The first-order valence-electron chi connectivity index (χ1n) is 9.51. The normalized spacial score (nSPS) is 13.9. The maximum absolute atomic E-state index is 13.4. The van der Waals surface area contributed by atoms with Gasteiger partial charge < -0.3 is 5.32 Å². The second-order valence-corrected chi connectivity index (χ2v) is 8.94. The lowest BCUT2D eigenvalue weighted by Crippen LogP contribution is -2.33. The topological polar surface area (TPSA) is 49.4 Å². The number of anilines is 2. The molecule has 4 nitrogen and oxygen atoms in total. The van der Waals surface area contributed by atoms with Crippen LogP contribution in [0.5, 0.6) is 0 Å². The summed E-state index contributed by atoms with van der Waals surface area (Å²) < 4.78 is 0. The van der Waals surface area contributed by atoms with Crippen LogP contribution in [-0.4, -0.2) is 11.8 Å². The molecule has 31 heavy (non-hydrogen) atoms. The Labute approximate surface area is 194 Å². The zero-order valence-corrected chi connectivity index (χ0v) is 19.1. The van der Waals surface area contributed by atoms with Gasteiger partial charge in [-0.2, -0.15) is 0 Å². The van der Waals surface area contributed by atoms with E-state index >= 15 is 0 Å². The van der Waals surface area contributed by atoms with Crippen molar-refractivity contribution in [3.63, 3.8) is 0 Å². The Hall–Kier alpha value is -2.73. The van der Waals surface area contributed by atoms with E-state index in [4.69, 9.17) is 23.2 Å². The Kier molecular flexibility index (Phi) is 6.10. The second kappa shape index (κ2) is 8.79. The number of carbonyl (C=O) groups excluding carboxylic acids is 2. The number of carbonyl (C=O) groups is 2. The van der Waals surface area contributed by atoms with Gasteiger partial charge >= 0.3 is 0 Å². The van der Waals surface area contributed by atoms with E-state index in [1.165, 1.54) is 16.7 Å². The molecule has 4 rings (SSSR count). The van der Waals surface area contributed by atoms with Crippen LogP contribution in [0.1, 0.15) is 11.1 Å². The SMILES string of the molecule is Cc1cccc(N2C(=O)C(Nc3ccc(Cl)c(Cl)c3)=C(Sc3ccccc3)C2=O)c1C. The third-order valence-electron chi connectivity index (χ3n) is 5.01. The van der Waals surface area contributed by atoms with Crippen molar-refractivity contribution in [3.8, 4) is 0 Å². The van der Waals surface area contributed by atoms with Crippen LogP contribution >= 0.6 is 35.0 Å². The summed E-state index contributed by atoms with van der Waals surface area (Å²) in [7, 11) is 0. The standard InChI is InChI=1S/C24H18Cl2N2O2S/c1-14-7-6-10-20(15(14)2)28-23(29)21(27-16-11-12-18(25)19(26)13-16)22(24(28)30)31-17-8-4-3-5-9-17/h3-13,27H,1-2H3. The van der Waals surface area contributed by atoms with Crippen LogP contribution < -0.4 is 10.2 Å². The summed E-state index contributed by atoms with van der Waals surface area (Å²) >= 11 is 13.4. The van der Waals surface area contributed by atoms with Crippen molar-refractivity contribution in [2.75, 3.05) is 10.2 Å². The fourth-order valence-corrected chi connectivity index (χ4v) is 4.48. The first-order valence-corrected chi connectivity index (χ1v) is 11.1. The number of thioether (sulfide) groups is 1. The van der Waals surface area contributed by atoms with Gasteiger partial charge in [-0.25, -0.2) is 4.90 Å². The molecule has 0 aromatic heterocycles. The zero-order chi connectivity index (χ0) is 22.1. The predicted molar refractivity (Wildman–Crippen MR) is 128 cm³/mol. The van der Waals surface area contributed by atoms with Crippen molar-refractivity contribution in [3.05, 3.63) is 98.5 Å². The zero-order valence-electron chi connectivity index (χ0n) is 16.8. The fourth-order valence-electron chi connectivity index (χ4n) is 3.24. The van der Waals surface area contributed by atoms with Gasteiger partial charge in [0, 0.05) is 10.6 Å². The Morgan fingerprint density at radius 3 is 2.29 bits per heavy atom. The van der Waals surface area contributed by atoms with Crippen molar-refractivity contribution in [1.82, 2.24) is 0 Å². The van der Waals surface area contributed by atoms with Gasteiger partial charge in [0.05, 0.1) is 15.7 Å². The Morgan fingerprint density at radius 1 is 0.839 bits per heavy atom. The van der Waals surface area contributed by atoms with E-state index in [0.29, 0.717) is 26.3 Å². The molecule has 3 aromatic rings. The number of rotatable bonds is 5. The largest absolute Gasteiger partial charge is 0.350 e. The van der Waals surface area contributed by atoms with Gasteiger partial charge in [-0.1, -0.05) is 65.3 Å². The van der Waals surface area contributed by atoms with E-state index in [9.17, 15) is 9.59 Å². The molecule has 156 valence electrons. The van der Waals surface area contributed by atoms with E-state index < -0.39 is 5.91 Å². The van der Waals surface area contributed by atoms with Crippen LogP contribution in [0.25, 0.3) is 0 Å². The van der Waals surface area contributed by atoms with Crippen LogP contribution in [0, 0.1) is 13.8 Å². The fraction of sp³-hybridized carbons (Fsp3) is 0.0833. The molecular weight excluding hydrogens is 451 g/mol. The van der Waals surface area contributed by atoms with Crippen molar-refractivity contribution in [2.24, 2.45) is 0 Å². The van der Waals surface area contributed by atoms with E-state index in [1.54, 1.807) is 24.3 Å². The molecule has 0 atom stereocenters. The van der Waals surface area contributed by atoms with Gasteiger partial charge in [0.2, 0.25) is 0 Å². The molecular formula is C24H18Cl2N2O2S. The van der Waals surface area contributed by atoms with Crippen LogP contribution in [0.2, 0.25) is 10.0 Å². The van der Waals surface area contributed by atoms with Gasteiger partial charge in [-0.15, -0.1) is 0 Å². The average Bonchev–Trinajstić information content (AvgIpc) is 2.97. The molecule has 0 spiro atoms. The summed E-state index contributed by atoms with van der Waals surface area (Å²) in [4.78, 5) is 29.3. The highest BCUT2D eigenvalue weighted by Crippen LogP contribution is 2.39. The number of aryl methyl sites for hydroxylation is 1. The Balaban J connectivity index is 1.78. The third-order valence-corrected chi connectivity index (χ3v) is 6.84. The predicted octanol–water partition coefficient (Wildman–Crippen LogP) is 6.60. The van der Waals surface area contributed by atoms with Gasteiger partial charge in [0.1, 0.15) is 10.6 Å². The highest BCUT2D eigenvalue weighted by Gasteiger charge is 2.41. The number of hydrogen-bond donors (Lipinski definition) is 1. The molecule has 0 unspecified atom stereocenters. The molecule has 2 amide bonds. The second-order valence-electron chi connectivity index (χ2n) is 7.04. The van der Waals surface area contributed by atoms with Crippen molar-refractivity contribution < 1.29 is 9.59 Å². The summed E-state index contributed by atoms with van der Waals surface area (Å²) in [5.41, 5.74) is 3.23. The van der Waals surface area contributed by atoms with Crippen LogP contribution in [0.3, 0.4) is 0 Å². The first-order chi connectivity index (χ1) is 14.9. The lowest BCUT2D eigenvalue weighted by atomic mass is 10.1. The molecule has 0 radical (unpaired) electrons. The lowest BCUT2D eigenvalue weighted by molar-refractivity contribution is -0.120.